The number of benzene rings is 2. The van der Waals surface area contributed by atoms with Crippen LogP contribution in [0.15, 0.2) is 46.8 Å². The molecular weight excluding hydrogens is 430 g/mol. The number of nitrogens with zero attached hydrogens (tertiary/aromatic N) is 4. The summed E-state index contributed by atoms with van der Waals surface area (Å²) in [6.07, 6.45) is 0. The summed E-state index contributed by atoms with van der Waals surface area (Å²) in [7, 11) is 0. The molecule has 8 nitrogen and oxygen atoms in total. The van der Waals surface area contributed by atoms with E-state index < -0.39 is 4.92 Å². The van der Waals surface area contributed by atoms with Crippen molar-refractivity contribution in [3.8, 4) is 10.6 Å². The third-order valence-corrected chi connectivity index (χ3v) is 6.97. The summed E-state index contributed by atoms with van der Waals surface area (Å²) in [4.78, 5) is 27.0. The third kappa shape index (κ3) is 4.42. The molecular formula is C18H13N5O3S3. The van der Waals surface area contributed by atoms with Gasteiger partial charge in [0, 0.05) is 17.7 Å². The van der Waals surface area contributed by atoms with Gasteiger partial charge in [-0.15, -0.1) is 10.2 Å². The van der Waals surface area contributed by atoms with Crippen LogP contribution in [0, 0.1) is 17.0 Å². The van der Waals surface area contributed by atoms with Gasteiger partial charge in [0.05, 0.1) is 20.9 Å². The van der Waals surface area contributed by atoms with Gasteiger partial charge in [0.15, 0.2) is 9.47 Å². The number of nitro groups is 1. The minimum atomic E-state index is -0.448. The van der Waals surface area contributed by atoms with E-state index in [2.05, 4.69) is 20.5 Å². The van der Waals surface area contributed by atoms with Gasteiger partial charge < -0.3 is 5.32 Å². The van der Waals surface area contributed by atoms with Crippen LogP contribution in [-0.4, -0.2) is 31.8 Å². The summed E-state index contributed by atoms with van der Waals surface area (Å²) < 4.78 is 1.68. The molecule has 0 unspecified atom stereocenters. The van der Waals surface area contributed by atoms with E-state index in [1.807, 2.05) is 25.1 Å². The van der Waals surface area contributed by atoms with Crippen molar-refractivity contribution in [3.05, 3.63) is 58.1 Å². The highest BCUT2D eigenvalue weighted by Gasteiger charge is 2.13. The Balaban J connectivity index is 1.37. The number of rotatable bonds is 6. The first-order valence-electron chi connectivity index (χ1n) is 8.37. The largest absolute Gasteiger partial charge is 0.301 e. The monoisotopic (exact) mass is 443 g/mol. The molecule has 0 aliphatic carbocycles. The Morgan fingerprint density at radius 1 is 1.17 bits per heavy atom. The predicted molar refractivity (Wildman–Crippen MR) is 116 cm³/mol. The molecule has 29 heavy (non-hydrogen) atoms. The van der Waals surface area contributed by atoms with E-state index >= 15 is 0 Å². The molecule has 2 aromatic carbocycles. The number of aromatic nitrogens is 3. The maximum Gasteiger partial charge on any atom is 0.269 e. The molecule has 0 fully saturated rings. The number of nitrogens with one attached hydrogen (secondary N) is 1. The zero-order valence-corrected chi connectivity index (χ0v) is 17.4. The molecule has 0 saturated carbocycles. The van der Waals surface area contributed by atoms with Crippen molar-refractivity contribution < 1.29 is 9.72 Å². The molecule has 0 spiro atoms. The van der Waals surface area contributed by atoms with E-state index in [1.54, 1.807) is 12.1 Å². The van der Waals surface area contributed by atoms with Gasteiger partial charge in [0.1, 0.15) is 5.01 Å². The molecule has 0 bridgehead atoms. The van der Waals surface area contributed by atoms with Gasteiger partial charge in [-0.25, -0.2) is 4.98 Å². The van der Waals surface area contributed by atoms with Gasteiger partial charge in [-0.1, -0.05) is 46.6 Å². The van der Waals surface area contributed by atoms with Crippen molar-refractivity contribution in [2.45, 2.75) is 11.3 Å². The lowest BCUT2D eigenvalue weighted by atomic mass is 10.2. The lowest BCUT2D eigenvalue weighted by Crippen LogP contribution is -2.13. The van der Waals surface area contributed by atoms with E-state index in [0.29, 0.717) is 14.5 Å². The molecule has 4 aromatic rings. The van der Waals surface area contributed by atoms with Crippen LogP contribution >= 0.6 is 34.4 Å². The first-order chi connectivity index (χ1) is 14.0. The van der Waals surface area contributed by atoms with Crippen LogP contribution in [0.2, 0.25) is 0 Å². The molecule has 0 aliphatic rings. The topological polar surface area (TPSA) is 111 Å². The van der Waals surface area contributed by atoms with Gasteiger partial charge in [-0.05, 0) is 30.7 Å². The molecule has 0 radical (unpaired) electrons. The fraction of sp³-hybridized carbons (Fsp3) is 0.111. The van der Waals surface area contributed by atoms with Crippen molar-refractivity contribution in [2.24, 2.45) is 0 Å². The van der Waals surface area contributed by atoms with Crippen molar-refractivity contribution in [1.82, 2.24) is 15.2 Å². The fourth-order valence-corrected chi connectivity index (χ4v) is 5.15. The second-order valence-corrected chi connectivity index (χ2v) is 9.19. The number of hydrogen-bond acceptors (Lipinski definition) is 9. The Kier molecular flexibility index (Phi) is 5.51. The third-order valence-electron chi connectivity index (χ3n) is 3.93. The van der Waals surface area contributed by atoms with Gasteiger partial charge in [0.25, 0.3) is 5.69 Å². The zero-order valence-electron chi connectivity index (χ0n) is 15.0. The van der Waals surface area contributed by atoms with E-state index in [-0.39, 0.29) is 17.3 Å². The molecule has 0 aliphatic heterocycles. The van der Waals surface area contributed by atoms with Crippen molar-refractivity contribution >= 4 is 61.4 Å². The second-order valence-electron chi connectivity index (χ2n) is 5.95. The predicted octanol–water partition coefficient (Wildman–Crippen LogP) is 4.76. The smallest absolute Gasteiger partial charge is 0.269 e. The Labute approximate surface area is 177 Å². The Bertz CT molecular complexity index is 1200. The van der Waals surface area contributed by atoms with Crippen LogP contribution in [0.25, 0.3) is 20.8 Å². The number of hydrogen-bond donors (Lipinski definition) is 1. The Morgan fingerprint density at radius 2 is 1.97 bits per heavy atom. The summed E-state index contributed by atoms with van der Waals surface area (Å²) in [5, 5.41) is 23.0. The summed E-state index contributed by atoms with van der Waals surface area (Å²) in [6.45, 7) is 1.99. The van der Waals surface area contributed by atoms with Crippen LogP contribution in [0.4, 0.5) is 10.8 Å². The number of non-ortho nitro benzene ring substituents is 1. The van der Waals surface area contributed by atoms with E-state index in [0.717, 1.165) is 21.3 Å². The first kappa shape index (κ1) is 19.4. The van der Waals surface area contributed by atoms with Gasteiger partial charge in [-0.3, -0.25) is 14.9 Å². The standard InChI is InChI=1S/C18H13N5O3S3/c1-10-3-2-4-13-15(10)20-17(28-13)19-14(24)9-27-18-22-21-16(29-18)11-5-7-12(8-6-11)23(25)26/h2-8H,9H2,1H3,(H,19,20,24). The molecule has 146 valence electrons. The molecule has 2 heterocycles. The summed E-state index contributed by atoms with van der Waals surface area (Å²) in [6, 6.07) is 12.1. The normalized spacial score (nSPS) is 10.9. The van der Waals surface area contributed by atoms with Gasteiger partial charge in [-0.2, -0.15) is 0 Å². The number of thioether (sulfide) groups is 1. The molecule has 2 aromatic heterocycles. The Morgan fingerprint density at radius 3 is 2.69 bits per heavy atom. The summed E-state index contributed by atoms with van der Waals surface area (Å²) in [5.41, 5.74) is 2.74. The number of amides is 1. The number of aryl methyl sites for hydroxylation is 1. The van der Waals surface area contributed by atoms with Crippen molar-refractivity contribution in [3.63, 3.8) is 0 Å². The van der Waals surface area contributed by atoms with Gasteiger partial charge in [0.2, 0.25) is 5.91 Å². The highest BCUT2D eigenvalue weighted by Crippen LogP contribution is 2.31. The Hall–Kier alpha value is -2.89. The number of anilines is 1. The highest BCUT2D eigenvalue weighted by atomic mass is 32.2. The maximum atomic E-state index is 12.3. The molecule has 0 atom stereocenters. The molecule has 1 N–H and O–H groups in total. The van der Waals surface area contributed by atoms with Crippen LogP contribution in [0.5, 0.6) is 0 Å². The number of nitro benzene ring substituents is 1. The van der Waals surface area contributed by atoms with Crippen LogP contribution in [-0.2, 0) is 4.79 Å². The average Bonchev–Trinajstić information content (AvgIpc) is 3.34. The van der Waals surface area contributed by atoms with E-state index in [9.17, 15) is 14.9 Å². The van der Waals surface area contributed by atoms with Crippen molar-refractivity contribution in [2.75, 3.05) is 11.1 Å². The first-order valence-corrected chi connectivity index (χ1v) is 11.0. The molecule has 4 rings (SSSR count). The quantitative estimate of drug-likeness (QED) is 0.260. The van der Waals surface area contributed by atoms with Gasteiger partial charge >= 0.3 is 0 Å². The van der Waals surface area contributed by atoms with Crippen LogP contribution in [0.1, 0.15) is 5.56 Å². The lowest BCUT2D eigenvalue weighted by molar-refractivity contribution is -0.384. The fourth-order valence-electron chi connectivity index (χ4n) is 2.53. The maximum absolute atomic E-state index is 12.3. The number of carbonyl (C=O) groups is 1. The second kappa shape index (κ2) is 8.23. The van der Waals surface area contributed by atoms with Crippen LogP contribution < -0.4 is 5.32 Å². The van der Waals surface area contributed by atoms with Crippen molar-refractivity contribution in [1.29, 1.82) is 0 Å². The lowest BCUT2D eigenvalue weighted by Gasteiger charge is -1.99. The van der Waals surface area contributed by atoms with E-state index in [1.165, 1.54) is 46.6 Å². The number of fused-ring (bicyclic) bond motifs is 1. The molecule has 11 heteroatoms. The zero-order chi connectivity index (χ0) is 20.4. The number of para-hydroxylation sites is 1. The van der Waals surface area contributed by atoms with E-state index in [4.69, 9.17) is 0 Å². The minimum absolute atomic E-state index is 0.0228. The highest BCUT2D eigenvalue weighted by molar-refractivity contribution is 8.01. The SMILES string of the molecule is Cc1cccc2sc(NC(=O)CSc3nnc(-c4ccc([N+](=O)[O-])cc4)s3)nc12. The minimum Gasteiger partial charge on any atom is -0.301 e. The summed E-state index contributed by atoms with van der Waals surface area (Å²) >= 11 is 4.06. The van der Waals surface area contributed by atoms with Crippen LogP contribution in [0.3, 0.4) is 0 Å². The molecule has 1 amide bonds. The number of thiazole rings is 1. The number of carbonyl (C=O) groups excluding carboxylic acids is 1. The molecule has 0 saturated heterocycles. The summed E-state index contributed by atoms with van der Waals surface area (Å²) in [5.74, 6) is 0.0165. The average molecular weight is 444 g/mol.